The molecule has 0 aliphatic carbocycles. The minimum Gasteiger partial charge on any atom is -0.452 e. The molecule has 6 aromatic rings. The molecule has 19 heteroatoms. The number of anilines is 2. The average molecular weight is 707 g/mol. The lowest BCUT2D eigenvalue weighted by molar-refractivity contribution is 0.101. The van der Waals surface area contributed by atoms with Gasteiger partial charge in [0.2, 0.25) is 5.95 Å². The van der Waals surface area contributed by atoms with Crippen molar-refractivity contribution < 1.29 is 26.3 Å². The summed E-state index contributed by atoms with van der Waals surface area (Å²) in [5, 5.41) is 5.17. The number of aliphatic imine (C=N–C) groups is 2. The van der Waals surface area contributed by atoms with Crippen molar-refractivity contribution in [3.63, 3.8) is 0 Å². The summed E-state index contributed by atoms with van der Waals surface area (Å²) in [4.78, 5) is 64.3. The van der Waals surface area contributed by atoms with Gasteiger partial charge in [-0.1, -0.05) is 12.1 Å². The molecule has 52 heavy (non-hydrogen) atoms. The highest BCUT2D eigenvalue weighted by atomic mass is 19.1. The second-order valence-electron chi connectivity index (χ2n) is 9.91. The predicted octanol–water partition coefficient (Wildman–Crippen LogP) is 4.80. The van der Waals surface area contributed by atoms with Gasteiger partial charge in [-0.15, -0.1) is 0 Å². The number of hydrogen-bond acceptors (Lipinski definition) is 14. The van der Waals surface area contributed by atoms with Gasteiger partial charge in [0.05, 0.1) is 61.0 Å². The number of nitrogens with two attached hydrogens (primary N) is 2. The standard InChI is InChI=1S/C17H15N7O2.C16H12FN7O2.2H2/c1-11-3-2-4-15(23-11)24-17(25)14-5-12(8-21-16(14)22-9-18)26-13-6-19-10-20-7-13;17-13-2-1-3-14(23-13)24-16(25)12-4-10(7-21-15(12)22-8-18)26-11-5-19-9-20-6-11;;/h2-10H,1H3,(H2,18,21,22)(H,23,24,25);1-9H,(H2,18,21,22)(H,23,24,25);2*1H. The number of carbonyl (C=O) groups is 2. The Balaban J connectivity index is 0.000000280. The van der Waals surface area contributed by atoms with E-state index < -0.39 is 17.8 Å². The highest BCUT2D eigenvalue weighted by Crippen LogP contribution is 2.27. The zero-order valence-corrected chi connectivity index (χ0v) is 27.0. The molecule has 0 saturated carbocycles. The zero-order valence-electron chi connectivity index (χ0n) is 27.0. The second kappa shape index (κ2) is 17.5. The number of nitrogens with zero attached hydrogens (tertiary/aromatic N) is 10. The first kappa shape index (κ1) is 35.5. The van der Waals surface area contributed by atoms with Gasteiger partial charge >= 0.3 is 0 Å². The number of pyridine rings is 4. The molecule has 264 valence electrons. The molecular formula is C33H31FN14O4. The van der Waals surface area contributed by atoms with E-state index in [1.165, 1.54) is 74.1 Å². The Kier molecular flexibility index (Phi) is 12.0. The van der Waals surface area contributed by atoms with E-state index in [4.69, 9.17) is 20.9 Å². The minimum absolute atomic E-state index is 0. The van der Waals surface area contributed by atoms with Crippen LogP contribution < -0.4 is 31.6 Å². The van der Waals surface area contributed by atoms with E-state index in [-0.39, 0.29) is 37.2 Å². The molecule has 2 amide bonds. The van der Waals surface area contributed by atoms with Crippen LogP contribution in [0, 0.1) is 12.9 Å². The molecule has 6 aromatic heterocycles. The first-order valence-corrected chi connectivity index (χ1v) is 14.8. The Labute approximate surface area is 297 Å². The minimum atomic E-state index is -0.720. The first-order chi connectivity index (χ1) is 25.3. The fraction of sp³-hybridized carbons (Fsp3) is 0.0303. The topological polar surface area (TPSA) is 257 Å². The number of halogens is 1. The number of carbonyl (C=O) groups excluding carboxylic acids is 2. The van der Waals surface area contributed by atoms with Gasteiger partial charge < -0.3 is 31.6 Å². The van der Waals surface area contributed by atoms with E-state index in [0.717, 1.165) is 24.4 Å². The number of rotatable bonds is 10. The van der Waals surface area contributed by atoms with Gasteiger partial charge in [-0.2, -0.15) is 4.39 Å². The number of hydrogen-bond donors (Lipinski definition) is 4. The van der Waals surface area contributed by atoms with Crippen molar-refractivity contribution in [1.29, 1.82) is 0 Å². The Bertz CT molecular complexity index is 2070. The molecule has 0 bridgehead atoms. The van der Waals surface area contributed by atoms with Crippen LogP contribution in [0.2, 0.25) is 0 Å². The summed E-state index contributed by atoms with van der Waals surface area (Å²) < 4.78 is 24.3. The van der Waals surface area contributed by atoms with E-state index in [1.54, 1.807) is 12.1 Å². The molecule has 0 radical (unpaired) electrons. The average Bonchev–Trinajstić information content (AvgIpc) is 3.14. The Hall–Kier alpha value is -7.83. The maximum Gasteiger partial charge on any atom is 0.260 e. The summed E-state index contributed by atoms with van der Waals surface area (Å²) in [5.41, 5.74) is 11.7. The van der Waals surface area contributed by atoms with Crippen molar-refractivity contribution in [2.45, 2.75) is 6.92 Å². The molecular weight excluding hydrogens is 675 g/mol. The summed E-state index contributed by atoms with van der Waals surface area (Å²) in [5.74, 6) is 0.289. The molecule has 0 saturated heterocycles. The van der Waals surface area contributed by atoms with Crippen LogP contribution >= 0.6 is 0 Å². The maximum atomic E-state index is 13.2. The monoisotopic (exact) mass is 706 g/mol. The number of amides is 2. The Morgan fingerprint density at radius 2 is 1.15 bits per heavy atom. The van der Waals surface area contributed by atoms with Gasteiger partial charge in [0, 0.05) is 8.55 Å². The van der Waals surface area contributed by atoms with Crippen LogP contribution in [0.1, 0.15) is 29.3 Å². The quantitative estimate of drug-likeness (QED) is 0.0848. The molecule has 0 aliphatic heterocycles. The third kappa shape index (κ3) is 10.1. The van der Waals surface area contributed by atoms with Gasteiger partial charge in [0.1, 0.15) is 35.8 Å². The van der Waals surface area contributed by atoms with Crippen molar-refractivity contribution in [3.8, 4) is 23.0 Å². The largest absolute Gasteiger partial charge is 0.452 e. The van der Waals surface area contributed by atoms with Gasteiger partial charge in [-0.25, -0.2) is 49.9 Å². The molecule has 0 aliphatic rings. The summed E-state index contributed by atoms with van der Waals surface area (Å²) in [6.45, 7) is 1.83. The zero-order chi connectivity index (χ0) is 36.7. The number of aromatic nitrogens is 8. The lowest BCUT2D eigenvalue weighted by Gasteiger charge is -2.09. The lowest BCUT2D eigenvalue weighted by Crippen LogP contribution is -2.14. The van der Waals surface area contributed by atoms with Crippen molar-refractivity contribution >= 4 is 47.8 Å². The Morgan fingerprint density at radius 3 is 1.60 bits per heavy atom. The third-order valence-corrected chi connectivity index (χ3v) is 6.20. The fourth-order valence-corrected chi connectivity index (χ4v) is 4.08. The molecule has 6 N–H and O–H groups in total. The molecule has 0 aromatic carbocycles. The lowest BCUT2D eigenvalue weighted by atomic mass is 10.2. The first-order valence-electron chi connectivity index (χ1n) is 14.8. The fourth-order valence-electron chi connectivity index (χ4n) is 4.08. The van der Waals surface area contributed by atoms with Crippen LogP contribution in [0.15, 0.2) is 108 Å². The summed E-state index contributed by atoms with van der Waals surface area (Å²) in [6, 6.07) is 12.3. The van der Waals surface area contributed by atoms with Crippen LogP contribution in [0.25, 0.3) is 0 Å². The molecule has 6 rings (SSSR count). The van der Waals surface area contributed by atoms with Gasteiger partial charge in [0.15, 0.2) is 23.1 Å². The van der Waals surface area contributed by atoms with Gasteiger partial charge in [-0.05, 0) is 43.3 Å². The molecule has 0 atom stereocenters. The molecule has 0 fully saturated rings. The summed E-state index contributed by atoms with van der Waals surface area (Å²) in [7, 11) is 0. The summed E-state index contributed by atoms with van der Waals surface area (Å²) in [6.07, 6.45) is 13.5. The molecule has 6 heterocycles. The van der Waals surface area contributed by atoms with Crippen molar-refractivity contribution in [3.05, 3.63) is 121 Å². The van der Waals surface area contributed by atoms with Crippen LogP contribution in [0.4, 0.5) is 27.7 Å². The van der Waals surface area contributed by atoms with Crippen LogP contribution in [0.5, 0.6) is 23.0 Å². The van der Waals surface area contributed by atoms with Crippen LogP contribution in [-0.4, -0.2) is 64.4 Å². The normalized spacial score (nSPS) is 10.7. The van der Waals surface area contributed by atoms with Gasteiger partial charge in [-0.3, -0.25) is 9.59 Å². The SMILES string of the molecule is Cc1cccc(NC(=O)c2cc(Oc3cncnc3)cnc2/N=C\N)n1.N/C=N\c1ncc(Oc2cncnc2)cc1C(=O)Nc1cccc(F)n1.[HH].[HH]. The maximum absolute atomic E-state index is 13.2. The van der Waals surface area contributed by atoms with E-state index in [2.05, 4.69) is 60.5 Å². The van der Waals surface area contributed by atoms with Crippen LogP contribution in [0.3, 0.4) is 0 Å². The molecule has 0 spiro atoms. The highest BCUT2D eigenvalue weighted by Gasteiger charge is 2.17. The van der Waals surface area contributed by atoms with Crippen molar-refractivity contribution in [1.82, 2.24) is 39.9 Å². The summed E-state index contributed by atoms with van der Waals surface area (Å²) >= 11 is 0. The van der Waals surface area contributed by atoms with Gasteiger partial charge in [0.25, 0.3) is 11.8 Å². The second-order valence-corrected chi connectivity index (χ2v) is 9.91. The van der Waals surface area contributed by atoms with Crippen molar-refractivity contribution in [2.24, 2.45) is 21.5 Å². The number of aryl methyl sites for hydroxylation is 1. The van der Waals surface area contributed by atoms with E-state index in [0.29, 0.717) is 23.1 Å². The van der Waals surface area contributed by atoms with E-state index in [1.807, 2.05) is 13.0 Å². The smallest absolute Gasteiger partial charge is 0.260 e. The van der Waals surface area contributed by atoms with E-state index >= 15 is 0 Å². The highest BCUT2D eigenvalue weighted by molar-refractivity contribution is 6.07. The molecule has 18 nitrogen and oxygen atoms in total. The van der Waals surface area contributed by atoms with E-state index in [9.17, 15) is 14.0 Å². The Morgan fingerprint density at radius 1 is 0.692 bits per heavy atom. The number of ether oxygens (including phenoxy) is 2. The molecule has 0 unspecified atom stereocenters. The third-order valence-electron chi connectivity index (χ3n) is 6.20. The predicted molar refractivity (Wildman–Crippen MR) is 191 cm³/mol. The van der Waals surface area contributed by atoms with Crippen LogP contribution in [-0.2, 0) is 0 Å². The van der Waals surface area contributed by atoms with Crippen molar-refractivity contribution in [2.75, 3.05) is 10.6 Å². The number of nitrogens with one attached hydrogen (secondary N) is 2.